The number of hydrogen-bond donors (Lipinski definition) is 0. The van der Waals surface area contributed by atoms with Gasteiger partial charge in [-0.05, 0) is 44.5 Å². The van der Waals surface area contributed by atoms with Crippen LogP contribution in [0.4, 0.5) is 0 Å². The van der Waals surface area contributed by atoms with E-state index in [9.17, 15) is 0 Å². The Balaban J connectivity index is 1.96. The molecule has 0 unspecified atom stereocenters. The molecule has 0 bridgehead atoms. The first-order valence-corrected chi connectivity index (χ1v) is 10.2. The molecule has 0 saturated heterocycles. The quantitative estimate of drug-likeness (QED) is 0.345. The van der Waals surface area contributed by atoms with Gasteiger partial charge >= 0.3 is 0 Å². The van der Waals surface area contributed by atoms with Gasteiger partial charge in [-0.25, -0.2) is 0 Å². The SMILES string of the molecule is CC1(C)c2ccccc2C(=C(c2ccccc2)c2ccccc2)c2ccccc21. The maximum absolute atomic E-state index is 2.34. The van der Waals surface area contributed by atoms with E-state index in [1.807, 2.05) is 0 Å². The number of rotatable bonds is 2. The summed E-state index contributed by atoms with van der Waals surface area (Å²) in [5, 5.41) is 0. The van der Waals surface area contributed by atoms with E-state index in [0.717, 1.165) is 0 Å². The Hall–Kier alpha value is -3.38. The van der Waals surface area contributed by atoms with Crippen molar-refractivity contribution in [1.29, 1.82) is 0 Å². The maximum atomic E-state index is 2.34. The summed E-state index contributed by atoms with van der Waals surface area (Å²) in [5.41, 5.74) is 10.5. The van der Waals surface area contributed by atoms with Crippen LogP contribution in [0.5, 0.6) is 0 Å². The first-order valence-electron chi connectivity index (χ1n) is 10.2. The molecule has 140 valence electrons. The molecule has 0 saturated carbocycles. The maximum Gasteiger partial charge on any atom is 0.0158 e. The molecule has 5 rings (SSSR count). The minimum absolute atomic E-state index is 0.0326. The van der Waals surface area contributed by atoms with Gasteiger partial charge in [0.05, 0.1) is 0 Å². The smallest absolute Gasteiger partial charge is 0.0158 e. The minimum Gasteiger partial charge on any atom is -0.0622 e. The van der Waals surface area contributed by atoms with Crippen molar-refractivity contribution in [3.8, 4) is 0 Å². The van der Waals surface area contributed by atoms with Gasteiger partial charge in [0.2, 0.25) is 0 Å². The normalized spacial score (nSPS) is 14.1. The van der Waals surface area contributed by atoms with Crippen molar-refractivity contribution < 1.29 is 0 Å². The zero-order valence-electron chi connectivity index (χ0n) is 16.9. The monoisotopic (exact) mass is 372 g/mol. The lowest BCUT2D eigenvalue weighted by Gasteiger charge is -2.37. The third-order valence-corrected chi connectivity index (χ3v) is 6.11. The zero-order valence-corrected chi connectivity index (χ0v) is 16.9. The Kier molecular flexibility index (Phi) is 4.21. The van der Waals surface area contributed by atoms with Gasteiger partial charge in [-0.3, -0.25) is 0 Å². The van der Waals surface area contributed by atoms with E-state index < -0.39 is 0 Å². The van der Waals surface area contributed by atoms with Crippen LogP contribution in [0.1, 0.15) is 47.2 Å². The highest BCUT2D eigenvalue weighted by Gasteiger charge is 2.35. The molecule has 0 aliphatic heterocycles. The van der Waals surface area contributed by atoms with Gasteiger partial charge in [0, 0.05) is 5.41 Å². The second kappa shape index (κ2) is 6.90. The average Bonchev–Trinajstić information content (AvgIpc) is 2.78. The number of hydrogen-bond acceptors (Lipinski definition) is 0. The van der Waals surface area contributed by atoms with E-state index >= 15 is 0 Å². The van der Waals surface area contributed by atoms with Crippen molar-refractivity contribution in [2.75, 3.05) is 0 Å². The van der Waals surface area contributed by atoms with Crippen LogP contribution in [0.15, 0.2) is 109 Å². The van der Waals surface area contributed by atoms with Crippen LogP contribution in [-0.2, 0) is 5.41 Å². The van der Waals surface area contributed by atoms with E-state index in [1.54, 1.807) is 0 Å². The molecule has 0 N–H and O–H groups in total. The second-order valence-corrected chi connectivity index (χ2v) is 8.20. The lowest BCUT2D eigenvalue weighted by molar-refractivity contribution is 0.630. The number of fused-ring (bicyclic) bond motifs is 2. The second-order valence-electron chi connectivity index (χ2n) is 8.20. The Bertz CT molecular complexity index is 1100. The summed E-state index contributed by atoms with van der Waals surface area (Å²) in [5.74, 6) is 0. The molecule has 1 aliphatic carbocycles. The Morgan fingerprint density at radius 1 is 0.483 bits per heavy atom. The largest absolute Gasteiger partial charge is 0.0622 e. The van der Waals surface area contributed by atoms with E-state index in [2.05, 4.69) is 123 Å². The van der Waals surface area contributed by atoms with Gasteiger partial charge in [0.15, 0.2) is 0 Å². The molecule has 0 heteroatoms. The fourth-order valence-electron chi connectivity index (χ4n) is 4.72. The molecule has 1 aliphatic rings. The van der Waals surface area contributed by atoms with Crippen LogP contribution in [0.2, 0.25) is 0 Å². The lowest BCUT2D eigenvalue weighted by atomic mass is 9.66. The van der Waals surface area contributed by atoms with Crippen LogP contribution >= 0.6 is 0 Å². The fourth-order valence-corrected chi connectivity index (χ4v) is 4.72. The molecule has 0 spiro atoms. The van der Waals surface area contributed by atoms with Crippen molar-refractivity contribution in [2.24, 2.45) is 0 Å². The van der Waals surface area contributed by atoms with Crippen molar-refractivity contribution in [2.45, 2.75) is 19.3 Å². The molecular weight excluding hydrogens is 348 g/mol. The fraction of sp³-hybridized carbons (Fsp3) is 0.103. The lowest BCUT2D eigenvalue weighted by Crippen LogP contribution is -2.26. The van der Waals surface area contributed by atoms with Crippen LogP contribution in [0, 0.1) is 0 Å². The van der Waals surface area contributed by atoms with Gasteiger partial charge in [-0.2, -0.15) is 0 Å². The highest BCUT2D eigenvalue weighted by atomic mass is 14.4. The summed E-state index contributed by atoms with van der Waals surface area (Å²) in [6, 6.07) is 39.4. The van der Waals surface area contributed by atoms with Crippen molar-refractivity contribution in [3.05, 3.63) is 143 Å². The summed E-state index contributed by atoms with van der Waals surface area (Å²) >= 11 is 0. The van der Waals surface area contributed by atoms with E-state index in [0.29, 0.717) is 0 Å². The van der Waals surface area contributed by atoms with Gasteiger partial charge in [0.25, 0.3) is 0 Å². The summed E-state index contributed by atoms with van der Waals surface area (Å²) in [6.07, 6.45) is 0. The molecule has 0 atom stereocenters. The van der Waals surface area contributed by atoms with Crippen LogP contribution in [0.3, 0.4) is 0 Å². The summed E-state index contributed by atoms with van der Waals surface area (Å²) in [6.45, 7) is 4.68. The molecule has 0 aromatic heterocycles. The number of benzene rings is 4. The average molecular weight is 373 g/mol. The molecule has 0 nitrogen and oxygen atoms in total. The topological polar surface area (TPSA) is 0 Å². The first-order chi connectivity index (χ1) is 14.2. The third-order valence-electron chi connectivity index (χ3n) is 6.11. The van der Waals surface area contributed by atoms with Gasteiger partial charge in [-0.15, -0.1) is 0 Å². The van der Waals surface area contributed by atoms with Crippen molar-refractivity contribution in [3.63, 3.8) is 0 Å². The Morgan fingerprint density at radius 2 is 0.862 bits per heavy atom. The van der Waals surface area contributed by atoms with Crippen LogP contribution < -0.4 is 0 Å². The zero-order chi connectivity index (χ0) is 19.8. The van der Waals surface area contributed by atoms with E-state index in [-0.39, 0.29) is 5.41 Å². The Labute approximate surface area is 173 Å². The van der Waals surface area contributed by atoms with Gasteiger partial charge in [-0.1, -0.05) is 123 Å². The third kappa shape index (κ3) is 2.84. The van der Waals surface area contributed by atoms with Crippen LogP contribution in [0.25, 0.3) is 11.1 Å². The van der Waals surface area contributed by atoms with Crippen molar-refractivity contribution in [1.82, 2.24) is 0 Å². The minimum atomic E-state index is -0.0326. The molecule has 0 radical (unpaired) electrons. The predicted octanol–water partition coefficient (Wildman–Crippen LogP) is 7.33. The predicted molar refractivity (Wildman–Crippen MR) is 123 cm³/mol. The summed E-state index contributed by atoms with van der Waals surface area (Å²) in [4.78, 5) is 0. The first kappa shape index (κ1) is 17.7. The van der Waals surface area contributed by atoms with Gasteiger partial charge in [0.1, 0.15) is 0 Å². The molecule has 4 aromatic carbocycles. The van der Waals surface area contributed by atoms with Crippen LogP contribution in [-0.4, -0.2) is 0 Å². The summed E-state index contributed by atoms with van der Waals surface area (Å²) in [7, 11) is 0. The van der Waals surface area contributed by atoms with Gasteiger partial charge < -0.3 is 0 Å². The molecule has 29 heavy (non-hydrogen) atoms. The highest BCUT2D eigenvalue weighted by Crippen LogP contribution is 2.49. The van der Waals surface area contributed by atoms with E-state index in [4.69, 9.17) is 0 Å². The summed E-state index contributed by atoms with van der Waals surface area (Å²) < 4.78 is 0. The molecular formula is C29H24. The Morgan fingerprint density at radius 3 is 1.31 bits per heavy atom. The molecule has 0 amide bonds. The standard InChI is InChI=1S/C29H24/c1-29(2)25-19-11-9-17-23(25)28(24-18-10-12-20-26(24)29)27(21-13-5-3-6-14-21)22-15-7-4-8-16-22/h3-20H,1-2H3. The van der Waals surface area contributed by atoms with Crippen molar-refractivity contribution >= 4 is 11.1 Å². The molecule has 0 fully saturated rings. The van der Waals surface area contributed by atoms with E-state index in [1.165, 1.54) is 44.5 Å². The molecule has 4 aromatic rings. The highest BCUT2D eigenvalue weighted by molar-refractivity contribution is 6.07. The molecule has 0 heterocycles.